The van der Waals surface area contributed by atoms with Gasteiger partial charge < -0.3 is 15.2 Å². The molecular weight excluding hydrogens is 531 g/mol. The van der Waals surface area contributed by atoms with E-state index in [1.165, 1.54) is 11.8 Å². The number of aliphatic imine (C=N–C) groups is 1. The van der Waals surface area contributed by atoms with Crippen LogP contribution in [-0.4, -0.2) is 23.3 Å². The van der Waals surface area contributed by atoms with Crippen LogP contribution in [-0.2, 0) is 4.79 Å². The molecule has 0 aliphatic carbocycles. The number of aryl methyl sites for hydroxylation is 1. The molecule has 0 bridgehead atoms. The molecule has 5 nitrogen and oxygen atoms in total. The van der Waals surface area contributed by atoms with Crippen molar-refractivity contribution in [3.63, 3.8) is 0 Å². The van der Waals surface area contributed by atoms with Crippen LogP contribution in [0.15, 0.2) is 44.7 Å². The maximum atomic E-state index is 12.3. The minimum absolute atomic E-state index is 0.139. The monoisotopic (exact) mass is 544 g/mol. The number of carbonyl (C=O) groups excluding carboxylic acids is 1. The van der Waals surface area contributed by atoms with Gasteiger partial charge in [-0.1, -0.05) is 22.0 Å². The van der Waals surface area contributed by atoms with Crippen LogP contribution in [0.2, 0.25) is 0 Å². The molecule has 3 rings (SSSR count). The number of nitrogens with zero attached hydrogens (tertiary/aromatic N) is 1. The Morgan fingerprint density at radius 2 is 2.12 bits per heavy atom. The van der Waals surface area contributed by atoms with E-state index < -0.39 is 0 Å². The van der Waals surface area contributed by atoms with Gasteiger partial charge in [0.25, 0.3) is 5.91 Å². The summed E-state index contributed by atoms with van der Waals surface area (Å²) in [7, 11) is 1.58. The van der Waals surface area contributed by atoms with E-state index in [2.05, 4.69) is 26.2 Å². The Morgan fingerprint density at radius 3 is 2.85 bits per heavy atom. The molecule has 1 aliphatic rings. The predicted octanol–water partition coefficient (Wildman–Crippen LogP) is 4.97. The van der Waals surface area contributed by atoms with Gasteiger partial charge in [0.15, 0.2) is 5.17 Å². The Bertz CT molecular complexity index is 960. The molecule has 0 spiro atoms. The molecule has 0 saturated carbocycles. The highest BCUT2D eigenvalue weighted by Crippen LogP contribution is 2.35. The zero-order valence-corrected chi connectivity index (χ0v) is 18.4. The largest absolute Gasteiger partial charge is 0.506 e. The number of nitrogens with one attached hydrogen (secondary N) is 1. The summed E-state index contributed by atoms with van der Waals surface area (Å²) in [4.78, 5) is 17.2. The van der Waals surface area contributed by atoms with Crippen molar-refractivity contribution in [1.82, 2.24) is 5.32 Å². The first-order valence-corrected chi connectivity index (χ1v) is 10.2. The second-order valence-corrected chi connectivity index (χ2v) is 8.59. The van der Waals surface area contributed by atoms with E-state index in [1.807, 2.05) is 47.7 Å². The smallest absolute Gasteiger partial charge is 0.264 e. The number of ether oxygens (including phenoxy) is 1. The van der Waals surface area contributed by atoms with Crippen LogP contribution in [0.1, 0.15) is 11.1 Å². The van der Waals surface area contributed by atoms with Gasteiger partial charge in [-0.3, -0.25) is 4.79 Å². The van der Waals surface area contributed by atoms with Gasteiger partial charge in [0.05, 0.1) is 15.6 Å². The van der Waals surface area contributed by atoms with E-state index in [4.69, 9.17) is 4.74 Å². The van der Waals surface area contributed by atoms with E-state index >= 15 is 0 Å². The predicted molar refractivity (Wildman–Crippen MR) is 117 cm³/mol. The second-order valence-electron chi connectivity index (χ2n) is 5.48. The Labute approximate surface area is 177 Å². The molecule has 0 atom stereocenters. The molecule has 2 N–H and O–H groups in total. The lowest BCUT2D eigenvalue weighted by molar-refractivity contribution is -0.115. The quantitative estimate of drug-likeness (QED) is 0.423. The lowest BCUT2D eigenvalue weighted by atomic mass is 10.2. The summed E-state index contributed by atoms with van der Waals surface area (Å²) in [5.74, 6) is 0.518. The van der Waals surface area contributed by atoms with Crippen molar-refractivity contribution >= 4 is 73.1 Å². The van der Waals surface area contributed by atoms with Gasteiger partial charge >= 0.3 is 0 Å². The van der Waals surface area contributed by atoms with Crippen LogP contribution in [0.5, 0.6) is 11.5 Å². The van der Waals surface area contributed by atoms with Gasteiger partial charge in [0.1, 0.15) is 17.2 Å². The highest BCUT2D eigenvalue weighted by Gasteiger charge is 2.25. The van der Waals surface area contributed by atoms with Crippen molar-refractivity contribution in [2.24, 2.45) is 4.99 Å². The number of halogens is 2. The van der Waals surface area contributed by atoms with Crippen molar-refractivity contribution in [2.45, 2.75) is 6.92 Å². The summed E-state index contributed by atoms with van der Waals surface area (Å²) in [6.45, 7) is 1.96. The third-order valence-electron chi connectivity index (χ3n) is 3.55. The molecule has 2 aromatic carbocycles. The van der Waals surface area contributed by atoms with Crippen molar-refractivity contribution < 1.29 is 14.6 Å². The van der Waals surface area contributed by atoms with Gasteiger partial charge in [0.2, 0.25) is 0 Å². The molecule has 2 aromatic rings. The average molecular weight is 545 g/mol. The average Bonchev–Trinajstić information content (AvgIpc) is 2.91. The van der Waals surface area contributed by atoms with Crippen molar-refractivity contribution in [2.75, 3.05) is 7.11 Å². The number of phenolic OH excluding ortho intramolecular Hbond substituents is 1. The molecule has 134 valence electrons. The third kappa shape index (κ3) is 4.24. The molecule has 1 aliphatic heterocycles. The van der Waals surface area contributed by atoms with Crippen LogP contribution in [0.3, 0.4) is 0 Å². The molecular formula is C18H14BrIN2O3S. The van der Waals surface area contributed by atoms with Crippen LogP contribution < -0.4 is 10.1 Å². The summed E-state index contributed by atoms with van der Waals surface area (Å²) in [6.07, 6.45) is 1.65. The van der Waals surface area contributed by atoms with Crippen molar-refractivity contribution in [1.29, 1.82) is 0 Å². The Hall–Kier alpha value is -1.52. The second kappa shape index (κ2) is 8.01. The van der Waals surface area contributed by atoms with Crippen LogP contribution in [0.25, 0.3) is 6.08 Å². The highest BCUT2D eigenvalue weighted by molar-refractivity contribution is 14.1. The summed E-state index contributed by atoms with van der Waals surface area (Å²) in [5.41, 5.74) is 2.26. The lowest BCUT2D eigenvalue weighted by Crippen LogP contribution is -2.19. The summed E-state index contributed by atoms with van der Waals surface area (Å²) < 4.78 is 6.85. The summed E-state index contributed by atoms with van der Waals surface area (Å²) >= 11 is 6.66. The number of amides is 1. The summed E-state index contributed by atoms with van der Waals surface area (Å²) in [6, 6.07) is 9.23. The zero-order valence-electron chi connectivity index (χ0n) is 13.8. The van der Waals surface area contributed by atoms with E-state index in [-0.39, 0.29) is 11.7 Å². The Morgan fingerprint density at radius 1 is 1.35 bits per heavy atom. The minimum atomic E-state index is -0.255. The zero-order chi connectivity index (χ0) is 18.8. The first-order valence-electron chi connectivity index (χ1n) is 7.49. The number of benzene rings is 2. The Balaban J connectivity index is 1.94. The molecule has 8 heteroatoms. The molecule has 1 fully saturated rings. The standard InChI is InChI=1S/C18H14BrIN2O3S/c1-9-3-4-14(25-2)13(5-9)21-18-22-17(24)15(26-18)7-10-6-11(19)8-12(20)16(10)23/h3-8,23H,1-2H3,(H,21,22,24)/b15-7-. The van der Waals surface area contributed by atoms with Crippen LogP contribution in [0, 0.1) is 10.5 Å². The molecule has 1 saturated heterocycles. The topological polar surface area (TPSA) is 70.9 Å². The maximum Gasteiger partial charge on any atom is 0.264 e. The van der Waals surface area contributed by atoms with E-state index in [0.717, 1.165) is 10.0 Å². The number of methoxy groups -OCH3 is 1. The van der Waals surface area contributed by atoms with Gasteiger partial charge in [0, 0.05) is 10.0 Å². The number of rotatable bonds is 3. The SMILES string of the molecule is COc1ccc(C)cc1N=C1NC(=O)/C(=C/c2cc(Br)cc(I)c2O)S1. The fourth-order valence-electron chi connectivity index (χ4n) is 2.31. The van der Waals surface area contributed by atoms with Crippen molar-refractivity contribution in [3.05, 3.63) is 54.4 Å². The molecule has 0 aromatic heterocycles. The van der Waals surface area contributed by atoms with Gasteiger partial charge in [-0.15, -0.1) is 0 Å². The van der Waals surface area contributed by atoms with E-state index in [1.54, 1.807) is 25.3 Å². The van der Waals surface area contributed by atoms with Crippen molar-refractivity contribution in [3.8, 4) is 11.5 Å². The highest BCUT2D eigenvalue weighted by atomic mass is 127. The molecule has 26 heavy (non-hydrogen) atoms. The van der Waals surface area contributed by atoms with Gasteiger partial charge in [-0.05, 0) is 77.2 Å². The Kier molecular flexibility index (Phi) is 5.93. The molecule has 0 radical (unpaired) electrons. The fourth-order valence-corrected chi connectivity index (χ4v) is 4.69. The minimum Gasteiger partial charge on any atom is -0.506 e. The van der Waals surface area contributed by atoms with Gasteiger partial charge in [-0.25, -0.2) is 4.99 Å². The maximum absolute atomic E-state index is 12.3. The first-order chi connectivity index (χ1) is 12.4. The van der Waals surface area contributed by atoms with Crippen LogP contribution in [0.4, 0.5) is 5.69 Å². The fraction of sp³-hybridized carbons (Fsp3) is 0.111. The number of thioether (sulfide) groups is 1. The van der Waals surface area contributed by atoms with Crippen LogP contribution >= 0.6 is 50.3 Å². The van der Waals surface area contributed by atoms with E-state index in [9.17, 15) is 9.90 Å². The molecule has 1 amide bonds. The van der Waals surface area contributed by atoms with E-state index in [0.29, 0.717) is 30.6 Å². The number of hydrogen-bond donors (Lipinski definition) is 2. The first kappa shape index (κ1) is 19.2. The molecule has 1 heterocycles. The summed E-state index contributed by atoms with van der Waals surface area (Å²) in [5, 5.41) is 13.4. The van der Waals surface area contributed by atoms with Gasteiger partial charge in [-0.2, -0.15) is 0 Å². The number of hydrogen-bond acceptors (Lipinski definition) is 5. The molecule has 0 unspecified atom stereocenters. The number of phenols is 1. The number of amidine groups is 1. The number of aromatic hydroxyl groups is 1. The number of carbonyl (C=O) groups is 1. The lowest BCUT2D eigenvalue weighted by Gasteiger charge is -2.05. The third-order valence-corrected chi connectivity index (χ3v) is 5.74. The normalized spacial score (nSPS) is 17.0.